The van der Waals surface area contributed by atoms with Gasteiger partial charge in [0.05, 0.1) is 0 Å². The van der Waals surface area contributed by atoms with Gasteiger partial charge in [0.2, 0.25) is 0 Å². The number of benzene rings is 2. The molecule has 5 rings (SSSR count). The first kappa shape index (κ1) is 21.7. The van der Waals surface area contributed by atoms with E-state index >= 15 is 0 Å². The lowest BCUT2D eigenvalue weighted by Crippen LogP contribution is -2.44. The summed E-state index contributed by atoms with van der Waals surface area (Å²) in [6.45, 7) is 8.58. The molecule has 1 aliphatic heterocycles. The Morgan fingerprint density at radius 3 is 1.70 bits per heavy atom. The molecule has 0 unspecified atom stereocenters. The first-order valence-corrected chi connectivity index (χ1v) is 11.7. The number of aromatic hydroxyl groups is 1. The van der Waals surface area contributed by atoms with E-state index in [2.05, 4.69) is 44.7 Å². The SMILES string of the molecule is CC1(C)CC(=O)C2=C(C1)N(c1ccccc1)C1=C(C(=O)CC(C)(C)C1)C2c1ccc(O)cc1. The summed E-state index contributed by atoms with van der Waals surface area (Å²) >= 11 is 0. The van der Waals surface area contributed by atoms with Crippen LogP contribution in [0.2, 0.25) is 0 Å². The van der Waals surface area contributed by atoms with Gasteiger partial charge in [-0.15, -0.1) is 0 Å². The minimum Gasteiger partial charge on any atom is -0.508 e. The second kappa shape index (κ2) is 7.44. The molecule has 170 valence electrons. The minimum atomic E-state index is -0.386. The lowest BCUT2D eigenvalue weighted by Gasteiger charge is -2.49. The number of rotatable bonds is 2. The molecule has 4 nitrogen and oxygen atoms in total. The molecule has 0 fully saturated rings. The number of ketones is 2. The van der Waals surface area contributed by atoms with Crippen LogP contribution in [0.15, 0.2) is 77.1 Å². The fourth-order valence-electron chi connectivity index (χ4n) is 5.85. The average molecular weight is 442 g/mol. The molecule has 1 N–H and O–H groups in total. The number of phenolic OH excluding ortho intramolecular Hbond substituents is 1. The Hall–Kier alpha value is -3.14. The van der Waals surface area contributed by atoms with Crippen LogP contribution in [0.25, 0.3) is 0 Å². The Bertz CT molecular complexity index is 1150. The first-order valence-electron chi connectivity index (χ1n) is 11.7. The fraction of sp³-hybridized carbons (Fsp3) is 0.379. The number of anilines is 1. The number of carbonyl (C=O) groups is 2. The minimum absolute atomic E-state index is 0.115. The molecule has 0 radical (unpaired) electrons. The molecular weight excluding hydrogens is 410 g/mol. The van der Waals surface area contributed by atoms with E-state index in [9.17, 15) is 14.7 Å². The van der Waals surface area contributed by atoms with Gasteiger partial charge in [0.1, 0.15) is 5.75 Å². The van der Waals surface area contributed by atoms with Crippen molar-refractivity contribution in [2.24, 2.45) is 10.8 Å². The Kier molecular flexibility index (Phi) is 4.89. The van der Waals surface area contributed by atoms with Crippen molar-refractivity contribution >= 4 is 17.3 Å². The molecule has 4 heteroatoms. The molecule has 3 aliphatic rings. The van der Waals surface area contributed by atoms with Crippen molar-refractivity contribution in [3.63, 3.8) is 0 Å². The van der Waals surface area contributed by atoms with E-state index in [1.807, 2.05) is 30.3 Å². The van der Waals surface area contributed by atoms with Crippen LogP contribution in [0.1, 0.15) is 64.9 Å². The number of Topliss-reactive ketones (excluding diaryl/α,β-unsaturated/α-hetero) is 2. The van der Waals surface area contributed by atoms with Gasteiger partial charge in [0.25, 0.3) is 0 Å². The van der Waals surface area contributed by atoms with Gasteiger partial charge in [-0.25, -0.2) is 0 Å². The van der Waals surface area contributed by atoms with Gasteiger partial charge in [0.15, 0.2) is 11.6 Å². The number of carbonyl (C=O) groups excluding carboxylic acids is 2. The molecule has 2 aromatic rings. The highest BCUT2D eigenvalue weighted by Gasteiger charge is 2.49. The number of phenols is 1. The second-order valence-corrected chi connectivity index (χ2v) is 11.3. The van der Waals surface area contributed by atoms with Crippen LogP contribution in [0.5, 0.6) is 5.75 Å². The summed E-state index contributed by atoms with van der Waals surface area (Å²) in [6, 6.07) is 17.1. The number of hydrogen-bond donors (Lipinski definition) is 1. The summed E-state index contributed by atoms with van der Waals surface area (Å²) in [4.78, 5) is 29.6. The molecule has 0 saturated carbocycles. The smallest absolute Gasteiger partial charge is 0.162 e. The Morgan fingerprint density at radius 1 is 0.727 bits per heavy atom. The van der Waals surface area contributed by atoms with Crippen LogP contribution < -0.4 is 4.90 Å². The molecule has 2 aromatic carbocycles. The number of para-hydroxylation sites is 1. The van der Waals surface area contributed by atoms with Crippen molar-refractivity contribution in [3.8, 4) is 5.75 Å². The summed E-state index contributed by atoms with van der Waals surface area (Å²) in [5, 5.41) is 9.89. The van der Waals surface area contributed by atoms with Gasteiger partial charge in [-0.2, -0.15) is 0 Å². The highest BCUT2D eigenvalue weighted by molar-refractivity contribution is 6.08. The summed E-state index contributed by atoms with van der Waals surface area (Å²) in [6.07, 6.45) is 2.46. The van der Waals surface area contributed by atoms with Gasteiger partial charge in [-0.1, -0.05) is 58.0 Å². The van der Waals surface area contributed by atoms with Crippen molar-refractivity contribution < 1.29 is 14.7 Å². The topological polar surface area (TPSA) is 57.6 Å². The molecule has 0 spiro atoms. The van der Waals surface area contributed by atoms with E-state index < -0.39 is 0 Å². The summed E-state index contributed by atoms with van der Waals surface area (Å²) in [5.41, 5.74) is 5.10. The van der Waals surface area contributed by atoms with Crippen molar-refractivity contribution in [1.82, 2.24) is 0 Å². The standard InChI is InChI=1S/C29H31NO3/c1-28(2)14-21-26(23(32)16-28)25(18-10-12-20(31)13-11-18)27-22(15-29(3,4)17-24(27)33)30(21)19-8-6-5-7-9-19/h5-13,25,31H,14-17H2,1-4H3. The van der Waals surface area contributed by atoms with Crippen molar-refractivity contribution in [2.45, 2.75) is 59.3 Å². The molecule has 0 bridgehead atoms. The molecule has 0 atom stereocenters. The Morgan fingerprint density at radius 2 is 1.21 bits per heavy atom. The summed E-state index contributed by atoms with van der Waals surface area (Å²) in [7, 11) is 0. The number of allylic oxidation sites excluding steroid dienone is 4. The third-order valence-electron chi connectivity index (χ3n) is 7.15. The molecule has 2 aliphatic carbocycles. The first-order chi connectivity index (χ1) is 15.6. The van der Waals surface area contributed by atoms with Gasteiger partial charge in [0, 0.05) is 47.0 Å². The zero-order chi connectivity index (χ0) is 23.5. The lowest BCUT2D eigenvalue weighted by atomic mass is 9.63. The van der Waals surface area contributed by atoms with Gasteiger partial charge in [-0.3, -0.25) is 9.59 Å². The molecule has 33 heavy (non-hydrogen) atoms. The van der Waals surface area contributed by atoms with E-state index in [1.165, 1.54) is 0 Å². The maximum Gasteiger partial charge on any atom is 0.162 e. The monoisotopic (exact) mass is 441 g/mol. The summed E-state index contributed by atoms with van der Waals surface area (Å²) < 4.78 is 0. The summed E-state index contributed by atoms with van der Waals surface area (Å²) in [5.74, 6) is 0.0210. The lowest BCUT2D eigenvalue weighted by molar-refractivity contribution is -0.119. The third kappa shape index (κ3) is 3.72. The van der Waals surface area contributed by atoms with Gasteiger partial charge < -0.3 is 10.0 Å². The predicted octanol–water partition coefficient (Wildman–Crippen LogP) is 6.28. The second-order valence-electron chi connectivity index (χ2n) is 11.3. The highest BCUT2D eigenvalue weighted by Crippen LogP contribution is 2.55. The Balaban J connectivity index is 1.82. The van der Waals surface area contributed by atoms with Crippen LogP contribution in [0.4, 0.5) is 5.69 Å². The van der Waals surface area contributed by atoms with E-state index in [-0.39, 0.29) is 34.1 Å². The largest absolute Gasteiger partial charge is 0.508 e. The van der Waals surface area contributed by atoms with Gasteiger partial charge in [-0.05, 0) is 53.5 Å². The molecule has 0 amide bonds. The van der Waals surface area contributed by atoms with Gasteiger partial charge >= 0.3 is 0 Å². The Labute approximate surface area is 195 Å². The van der Waals surface area contributed by atoms with E-state index in [0.717, 1.165) is 46.6 Å². The van der Waals surface area contributed by atoms with Crippen LogP contribution in [0.3, 0.4) is 0 Å². The normalized spacial score (nSPS) is 22.4. The maximum absolute atomic E-state index is 13.7. The number of hydrogen-bond acceptors (Lipinski definition) is 4. The molecular formula is C29H31NO3. The van der Waals surface area contributed by atoms with Crippen molar-refractivity contribution in [3.05, 3.63) is 82.7 Å². The third-order valence-corrected chi connectivity index (χ3v) is 7.15. The predicted molar refractivity (Wildman–Crippen MR) is 130 cm³/mol. The van der Waals surface area contributed by atoms with E-state index in [1.54, 1.807) is 12.1 Å². The van der Waals surface area contributed by atoms with Crippen LogP contribution in [0, 0.1) is 10.8 Å². The fourth-order valence-corrected chi connectivity index (χ4v) is 5.85. The number of nitrogens with zero attached hydrogens (tertiary/aromatic N) is 1. The maximum atomic E-state index is 13.7. The van der Waals surface area contributed by atoms with E-state index in [4.69, 9.17) is 0 Å². The highest BCUT2D eigenvalue weighted by atomic mass is 16.3. The van der Waals surface area contributed by atoms with E-state index in [0.29, 0.717) is 12.8 Å². The van der Waals surface area contributed by atoms with Crippen LogP contribution in [-0.4, -0.2) is 16.7 Å². The average Bonchev–Trinajstić information content (AvgIpc) is 2.72. The van der Waals surface area contributed by atoms with Crippen LogP contribution in [-0.2, 0) is 9.59 Å². The molecule has 0 saturated heterocycles. The van der Waals surface area contributed by atoms with Crippen molar-refractivity contribution in [1.29, 1.82) is 0 Å². The molecule has 1 heterocycles. The quantitative estimate of drug-likeness (QED) is 0.596. The molecule has 0 aromatic heterocycles. The van der Waals surface area contributed by atoms with Crippen molar-refractivity contribution in [2.75, 3.05) is 4.90 Å². The zero-order valence-electron chi connectivity index (χ0n) is 19.8. The van der Waals surface area contributed by atoms with Crippen LogP contribution >= 0.6 is 0 Å². The zero-order valence-corrected chi connectivity index (χ0v) is 19.8.